The number of halogens is 3. The van der Waals surface area contributed by atoms with Crippen LogP contribution in [0.5, 0.6) is 0 Å². The second-order valence-corrected chi connectivity index (χ2v) is 3.59. The lowest BCUT2D eigenvalue weighted by Gasteiger charge is -2.25. The van der Waals surface area contributed by atoms with E-state index in [0.717, 1.165) is 0 Å². The van der Waals surface area contributed by atoms with Crippen molar-refractivity contribution in [3.8, 4) is 0 Å². The summed E-state index contributed by atoms with van der Waals surface area (Å²) < 4.78 is 46.3. The Balaban J connectivity index is 2.18. The average Bonchev–Trinajstić information content (AvgIpc) is 2.66. The third-order valence-electron chi connectivity index (χ3n) is 2.42. The Morgan fingerprint density at radius 1 is 1.38 bits per heavy atom. The fourth-order valence-electron chi connectivity index (χ4n) is 1.51. The minimum Gasteiger partial charge on any atom is -0.381 e. The molecule has 16 heavy (non-hydrogen) atoms. The molecule has 0 amide bonds. The largest absolute Gasteiger partial charge is 0.455 e. The van der Waals surface area contributed by atoms with Crippen molar-refractivity contribution in [1.82, 2.24) is 10.1 Å². The predicted octanol–water partition coefficient (Wildman–Crippen LogP) is 0.920. The number of hydrogen-bond donors (Lipinski definition) is 1. The fraction of sp³-hybridized carbons (Fsp3) is 0.750. The van der Waals surface area contributed by atoms with Gasteiger partial charge in [-0.05, 0) is 6.42 Å². The van der Waals surface area contributed by atoms with E-state index >= 15 is 0 Å². The molecule has 0 saturated carbocycles. The van der Waals surface area contributed by atoms with Crippen LogP contribution >= 0.6 is 0 Å². The predicted molar refractivity (Wildman–Crippen MR) is 45.5 cm³/mol. The van der Waals surface area contributed by atoms with Crippen LogP contribution in [-0.2, 0) is 10.9 Å². The molecule has 2 unspecified atom stereocenters. The van der Waals surface area contributed by atoms with Crippen LogP contribution < -0.4 is 5.73 Å². The first-order valence-corrected chi connectivity index (χ1v) is 4.72. The first-order chi connectivity index (χ1) is 7.48. The van der Waals surface area contributed by atoms with Gasteiger partial charge in [-0.1, -0.05) is 5.16 Å². The summed E-state index contributed by atoms with van der Waals surface area (Å²) in [5, 5.41) is 2.87. The van der Waals surface area contributed by atoms with E-state index in [1.807, 2.05) is 0 Å². The maximum atomic E-state index is 12.2. The Morgan fingerprint density at radius 3 is 2.69 bits per heavy atom. The highest BCUT2D eigenvalue weighted by molar-refractivity contribution is 5.01. The molecular formula is C8H10F3N3O2. The topological polar surface area (TPSA) is 74.2 Å². The van der Waals surface area contributed by atoms with Gasteiger partial charge in [-0.2, -0.15) is 18.2 Å². The number of nitrogens with two attached hydrogens (primary N) is 1. The monoisotopic (exact) mass is 237 g/mol. The van der Waals surface area contributed by atoms with Gasteiger partial charge in [0.15, 0.2) is 0 Å². The zero-order chi connectivity index (χ0) is 11.8. The lowest BCUT2D eigenvalue weighted by Crippen LogP contribution is -2.37. The molecule has 0 spiro atoms. The molecule has 2 N–H and O–H groups in total. The van der Waals surface area contributed by atoms with Gasteiger partial charge in [0.05, 0.1) is 12.5 Å². The van der Waals surface area contributed by atoms with Crippen molar-refractivity contribution in [3.05, 3.63) is 11.7 Å². The molecule has 90 valence electrons. The van der Waals surface area contributed by atoms with Gasteiger partial charge in [-0.25, -0.2) is 0 Å². The standard InChI is InChI=1S/C8H10F3N3O2/c9-8(10,11)7-13-6(16-14-7)4-3-15-2-1-5(4)12/h4-5H,1-3,12H2. The summed E-state index contributed by atoms with van der Waals surface area (Å²) in [5.41, 5.74) is 5.74. The summed E-state index contributed by atoms with van der Waals surface area (Å²) in [5.74, 6) is -1.85. The molecule has 1 aromatic heterocycles. The van der Waals surface area contributed by atoms with Gasteiger partial charge in [0.2, 0.25) is 5.89 Å². The number of aromatic nitrogens is 2. The highest BCUT2D eigenvalue weighted by Crippen LogP contribution is 2.29. The van der Waals surface area contributed by atoms with Gasteiger partial charge in [0.1, 0.15) is 0 Å². The van der Waals surface area contributed by atoms with E-state index in [9.17, 15) is 13.2 Å². The molecule has 1 aliphatic heterocycles. The maximum Gasteiger partial charge on any atom is 0.455 e. The average molecular weight is 237 g/mol. The molecule has 0 aliphatic carbocycles. The van der Waals surface area contributed by atoms with Crippen molar-refractivity contribution in [2.24, 2.45) is 5.73 Å². The quantitative estimate of drug-likeness (QED) is 0.786. The van der Waals surface area contributed by atoms with Crippen molar-refractivity contribution in [2.45, 2.75) is 24.6 Å². The number of rotatable bonds is 1. The highest BCUT2D eigenvalue weighted by Gasteiger charge is 2.39. The van der Waals surface area contributed by atoms with E-state index in [4.69, 9.17) is 10.5 Å². The first kappa shape index (κ1) is 11.3. The smallest absolute Gasteiger partial charge is 0.381 e. The van der Waals surface area contributed by atoms with Gasteiger partial charge >= 0.3 is 6.18 Å². The molecule has 1 aromatic rings. The molecule has 5 nitrogen and oxygen atoms in total. The van der Waals surface area contributed by atoms with Gasteiger partial charge in [-0.15, -0.1) is 0 Å². The van der Waals surface area contributed by atoms with Crippen molar-refractivity contribution >= 4 is 0 Å². The normalized spacial score (nSPS) is 27.0. The van der Waals surface area contributed by atoms with E-state index < -0.39 is 17.9 Å². The summed E-state index contributed by atoms with van der Waals surface area (Å²) in [4.78, 5) is 3.29. The minimum atomic E-state index is -4.60. The fourth-order valence-corrected chi connectivity index (χ4v) is 1.51. The van der Waals surface area contributed by atoms with Crippen LogP contribution in [0.15, 0.2) is 4.52 Å². The molecule has 2 atom stereocenters. The van der Waals surface area contributed by atoms with Crippen LogP contribution in [0, 0.1) is 0 Å². The Morgan fingerprint density at radius 2 is 2.12 bits per heavy atom. The van der Waals surface area contributed by atoms with Crippen LogP contribution in [0.3, 0.4) is 0 Å². The Bertz CT molecular complexity index is 366. The van der Waals surface area contributed by atoms with Crippen molar-refractivity contribution < 1.29 is 22.4 Å². The van der Waals surface area contributed by atoms with E-state index in [1.54, 1.807) is 0 Å². The van der Waals surface area contributed by atoms with E-state index in [-0.39, 0.29) is 18.5 Å². The summed E-state index contributed by atoms with van der Waals surface area (Å²) in [6.07, 6.45) is -4.03. The van der Waals surface area contributed by atoms with Crippen molar-refractivity contribution in [1.29, 1.82) is 0 Å². The molecule has 1 saturated heterocycles. The summed E-state index contributed by atoms with van der Waals surface area (Å²) in [6, 6.07) is -0.310. The van der Waals surface area contributed by atoms with E-state index in [2.05, 4.69) is 14.7 Å². The lowest BCUT2D eigenvalue weighted by molar-refractivity contribution is -0.146. The Kier molecular flexibility index (Phi) is 2.85. The number of nitrogens with zero attached hydrogens (tertiary/aromatic N) is 2. The molecular weight excluding hydrogens is 227 g/mol. The Labute approximate surface area is 88.8 Å². The number of ether oxygens (including phenoxy) is 1. The van der Waals surface area contributed by atoms with Crippen LogP contribution in [0.4, 0.5) is 13.2 Å². The van der Waals surface area contributed by atoms with Crippen LogP contribution in [-0.4, -0.2) is 29.4 Å². The molecule has 0 bridgehead atoms. The number of alkyl halides is 3. The lowest BCUT2D eigenvalue weighted by atomic mass is 9.97. The second kappa shape index (κ2) is 4.02. The molecule has 8 heteroatoms. The number of hydrogen-bond acceptors (Lipinski definition) is 5. The maximum absolute atomic E-state index is 12.2. The molecule has 2 heterocycles. The van der Waals surface area contributed by atoms with Gasteiger partial charge in [0, 0.05) is 12.6 Å². The minimum absolute atomic E-state index is 0.112. The molecule has 2 rings (SSSR count). The third kappa shape index (κ3) is 2.17. The molecule has 0 radical (unpaired) electrons. The summed E-state index contributed by atoms with van der Waals surface area (Å²) >= 11 is 0. The van der Waals surface area contributed by atoms with Crippen LogP contribution in [0.25, 0.3) is 0 Å². The first-order valence-electron chi connectivity index (χ1n) is 4.72. The zero-order valence-corrected chi connectivity index (χ0v) is 8.20. The van der Waals surface area contributed by atoms with E-state index in [1.165, 1.54) is 0 Å². The SMILES string of the molecule is NC1CCOCC1c1nc(C(F)(F)F)no1. The zero-order valence-electron chi connectivity index (χ0n) is 8.20. The van der Waals surface area contributed by atoms with Crippen molar-refractivity contribution in [3.63, 3.8) is 0 Å². The molecule has 1 fully saturated rings. The molecule has 0 aromatic carbocycles. The Hall–Kier alpha value is -1.15. The van der Waals surface area contributed by atoms with Crippen molar-refractivity contribution in [2.75, 3.05) is 13.2 Å². The van der Waals surface area contributed by atoms with Crippen LogP contribution in [0.2, 0.25) is 0 Å². The van der Waals surface area contributed by atoms with Gasteiger partial charge in [-0.3, -0.25) is 0 Å². The van der Waals surface area contributed by atoms with Gasteiger partial charge < -0.3 is 15.0 Å². The summed E-state index contributed by atoms with van der Waals surface area (Å²) in [7, 11) is 0. The second-order valence-electron chi connectivity index (χ2n) is 3.59. The third-order valence-corrected chi connectivity index (χ3v) is 2.42. The van der Waals surface area contributed by atoms with Gasteiger partial charge in [0.25, 0.3) is 5.82 Å². The molecule has 1 aliphatic rings. The highest BCUT2D eigenvalue weighted by atomic mass is 19.4. The van der Waals surface area contributed by atoms with Crippen LogP contribution in [0.1, 0.15) is 24.1 Å². The summed E-state index contributed by atoms with van der Waals surface area (Å²) in [6.45, 7) is 0.707. The van der Waals surface area contributed by atoms with E-state index in [0.29, 0.717) is 13.0 Å².